The van der Waals surface area contributed by atoms with E-state index in [4.69, 9.17) is 21.0 Å². The highest BCUT2D eigenvalue weighted by atomic mass is 19.1. The van der Waals surface area contributed by atoms with Crippen molar-refractivity contribution >= 4 is 11.8 Å². The number of aliphatic carboxylic acids is 1. The lowest BCUT2D eigenvalue weighted by molar-refractivity contribution is -0.134. The third-order valence-corrected chi connectivity index (χ3v) is 1.16. The Labute approximate surface area is 80.7 Å². The smallest absolute Gasteiger partial charge is 0.300 e. The number of nitrogens with two attached hydrogens (primary N) is 1. The van der Waals surface area contributed by atoms with Crippen molar-refractivity contribution in [2.45, 2.75) is 6.92 Å². The number of nitrogen functional groups attached to an aromatic ring is 1. The van der Waals surface area contributed by atoms with Crippen LogP contribution in [0.2, 0.25) is 0 Å². The molecule has 1 rings (SSSR count). The van der Waals surface area contributed by atoms with Crippen molar-refractivity contribution in [3.05, 3.63) is 35.6 Å². The lowest BCUT2D eigenvalue weighted by Crippen LogP contribution is -2.12. The van der Waals surface area contributed by atoms with E-state index >= 15 is 0 Å². The van der Waals surface area contributed by atoms with E-state index in [1.165, 1.54) is 12.1 Å². The highest BCUT2D eigenvalue weighted by Crippen LogP contribution is 2.03. The third kappa shape index (κ3) is 4.87. The van der Waals surface area contributed by atoms with Gasteiger partial charge in [0.15, 0.2) is 0 Å². The molecule has 0 atom stereocenters. The molecule has 0 aliphatic heterocycles. The molecular formula is C9H11FN2O2. The number of carbonyl (C=O) groups is 1. The largest absolute Gasteiger partial charge is 0.481 e. The van der Waals surface area contributed by atoms with E-state index in [1.807, 2.05) is 0 Å². The second kappa shape index (κ2) is 5.69. The molecule has 4 nitrogen and oxygen atoms in total. The van der Waals surface area contributed by atoms with Crippen LogP contribution in [0.15, 0.2) is 24.3 Å². The van der Waals surface area contributed by atoms with Crippen LogP contribution in [-0.4, -0.2) is 16.9 Å². The maximum absolute atomic E-state index is 12.6. The lowest BCUT2D eigenvalue weighted by atomic mass is 10.2. The molecule has 0 aliphatic carbocycles. The summed E-state index contributed by atoms with van der Waals surface area (Å²) in [6, 6.07) is 5.94. The van der Waals surface area contributed by atoms with Gasteiger partial charge in [0.1, 0.15) is 11.7 Å². The molecule has 0 amide bonds. The Hall–Kier alpha value is -1.91. The lowest BCUT2D eigenvalue weighted by Gasteiger charge is -1.96. The maximum atomic E-state index is 12.6. The summed E-state index contributed by atoms with van der Waals surface area (Å²) in [5.41, 5.74) is 5.21. The first-order chi connectivity index (χ1) is 6.45. The summed E-state index contributed by atoms with van der Waals surface area (Å²) < 4.78 is 12.6. The fourth-order valence-corrected chi connectivity index (χ4v) is 0.680. The van der Waals surface area contributed by atoms with E-state index in [1.54, 1.807) is 12.1 Å². The molecule has 1 aromatic rings. The summed E-state index contributed by atoms with van der Waals surface area (Å²) in [6.07, 6.45) is 0. The van der Waals surface area contributed by atoms with Gasteiger partial charge in [0.25, 0.3) is 5.97 Å². The van der Waals surface area contributed by atoms with Gasteiger partial charge in [-0.15, -0.1) is 0 Å². The predicted molar refractivity (Wildman–Crippen MR) is 50.7 cm³/mol. The van der Waals surface area contributed by atoms with Gasteiger partial charge in [-0.25, -0.2) is 4.39 Å². The Balaban J connectivity index is 0.000000364. The number of carboxylic acids is 1. The van der Waals surface area contributed by atoms with Crippen LogP contribution in [0.3, 0.4) is 0 Å². The molecule has 0 heterocycles. The number of rotatable bonds is 1. The van der Waals surface area contributed by atoms with Crippen molar-refractivity contribution in [2.75, 3.05) is 0 Å². The fraction of sp³-hybridized carbons (Fsp3) is 0.111. The summed E-state index contributed by atoms with van der Waals surface area (Å²) in [5, 5.41) is 14.3. The van der Waals surface area contributed by atoms with Crippen molar-refractivity contribution in [2.24, 2.45) is 5.73 Å². The molecule has 5 heteroatoms. The summed E-state index contributed by atoms with van der Waals surface area (Å²) in [7, 11) is 0. The Morgan fingerprint density at radius 3 is 2.21 bits per heavy atom. The summed E-state index contributed by atoms with van der Waals surface area (Å²) in [5.74, 6) is -1.52. The van der Waals surface area contributed by atoms with Crippen LogP contribution in [0.25, 0.3) is 0 Å². The topological polar surface area (TPSA) is 87.2 Å². The number of benzene rings is 1. The van der Waals surface area contributed by atoms with Crippen LogP contribution in [0.5, 0.6) is 0 Å². The van der Waals surface area contributed by atoms with Gasteiger partial charge >= 0.3 is 0 Å². The minimum absolute atomic E-state index is 0.155. The summed E-state index contributed by atoms with van der Waals surface area (Å²) >= 11 is 0. The zero-order valence-corrected chi connectivity index (χ0v) is 7.62. The quantitative estimate of drug-likeness (QED) is 0.468. The molecule has 0 radical (unpaired) electrons. The van der Waals surface area contributed by atoms with Crippen LogP contribution in [0.1, 0.15) is 12.5 Å². The van der Waals surface area contributed by atoms with E-state index in [-0.39, 0.29) is 11.4 Å². The zero-order valence-electron chi connectivity index (χ0n) is 7.62. The van der Waals surface area contributed by atoms with Crippen LogP contribution in [0, 0.1) is 11.2 Å². The van der Waals surface area contributed by atoms with Crippen LogP contribution >= 0.6 is 0 Å². The number of carboxylic acid groups (broad SMARTS) is 1. The molecule has 0 aliphatic rings. The van der Waals surface area contributed by atoms with E-state index in [0.717, 1.165) is 6.92 Å². The minimum atomic E-state index is -0.833. The highest BCUT2D eigenvalue weighted by molar-refractivity contribution is 5.95. The average Bonchev–Trinajstić information content (AvgIpc) is 2.03. The molecular weight excluding hydrogens is 187 g/mol. The third-order valence-electron chi connectivity index (χ3n) is 1.16. The number of nitrogens with one attached hydrogen (secondary N) is 1. The van der Waals surface area contributed by atoms with E-state index in [2.05, 4.69) is 0 Å². The predicted octanol–water partition coefficient (Wildman–Crippen LogP) is 1.20. The van der Waals surface area contributed by atoms with Crippen LogP contribution in [-0.2, 0) is 4.79 Å². The summed E-state index contributed by atoms with van der Waals surface area (Å²) in [4.78, 5) is 9.00. The van der Waals surface area contributed by atoms with Gasteiger partial charge in [-0.3, -0.25) is 10.2 Å². The minimum Gasteiger partial charge on any atom is -0.481 e. The molecule has 0 aromatic heterocycles. The van der Waals surface area contributed by atoms with Gasteiger partial charge in [-0.2, -0.15) is 0 Å². The Morgan fingerprint density at radius 2 is 1.93 bits per heavy atom. The zero-order chi connectivity index (χ0) is 11.1. The number of amidine groups is 1. The Morgan fingerprint density at radius 1 is 1.50 bits per heavy atom. The maximum Gasteiger partial charge on any atom is 0.300 e. The molecule has 1 aromatic carbocycles. The number of hydrogen-bond donors (Lipinski definition) is 3. The van der Waals surface area contributed by atoms with Crippen molar-refractivity contribution < 1.29 is 14.3 Å². The Kier molecular flexibility index (Phi) is 4.91. The van der Waals surface area contributed by atoms with Crippen molar-refractivity contribution in [1.82, 2.24) is 0 Å². The van der Waals surface area contributed by atoms with Crippen molar-refractivity contribution in [1.29, 1.82) is 5.41 Å². The molecule has 76 valence electrons. The molecule has 0 bridgehead atoms. The van der Waals surface area contributed by atoms with E-state index < -0.39 is 11.8 Å². The Bertz CT molecular complexity index is 335. The molecule has 0 saturated carbocycles. The molecule has 0 spiro atoms. The van der Waals surface area contributed by atoms with Gasteiger partial charge in [-0.05, 0) is 12.1 Å². The first-order valence-electron chi connectivity index (χ1n) is 3.73. The van der Waals surface area contributed by atoms with Gasteiger partial charge in [-0.1, -0.05) is 12.1 Å². The molecule has 0 fully saturated rings. The average molecular weight is 198 g/mol. The van der Waals surface area contributed by atoms with Crippen molar-refractivity contribution in [3.63, 3.8) is 0 Å². The normalized spacial score (nSPS) is 8.43. The van der Waals surface area contributed by atoms with Gasteiger partial charge in [0, 0.05) is 6.92 Å². The van der Waals surface area contributed by atoms with E-state index in [9.17, 15) is 4.39 Å². The number of hydrogen-bond acceptors (Lipinski definition) is 2. The standard InChI is InChI=1S/C7H7FN2.C2H4O2/c8-6-4-2-1-3-5(6)7(9)10;1-2(3)4/h1-4H,(H3,9,10);1H3,(H,3,4). The molecule has 0 unspecified atom stereocenters. The number of halogens is 1. The monoisotopic (exact) mass is 198 g/mol. The summed E-state index contributed by atoms with van der Waals surface area (Å²) in [6.45, 7) is 1.08. The molecule has 0 saturated heterocycles. The first kappa shape index (κ1) is 12.1. The van der Waals surface area contributed by atoms with Gasteiger partial charge in [0.05, 0.1) is 5.56 Å². The van der Waals surface area contributed by atoms with Crippen LogP contribution < -0.4 is 5.73 Å². The van der Waals surface area contributed by atoms with Gasteiger partial charge < -0.3 is 10.8 Å². The SMILES string of the molecule is CC(=O)O.N=C(N)c1ccccc1F. The second-order valence-electron chi connectivity index (χ2n) is 2.41. The highest BCUT2D eigenvalue weighted by Gasteiger charge is 2.00. The van der Waals surface area contributed by atoms with E-state index in [0.29, 0.717) is 0 Å². The van der Waals surface area contributed by atoms with Crippen molar-refractivity contribution in [3.8, 4) is 0 Å². The molecule has 4 N–H and O–H groups in total. The second-order valence-corrected chi connectivity index (χ2v) is 2.41. The van der Waals surface area contributed by atoms with Crippen LogP contribution in [0.4, 0.5) is 4.39 Å². The molecule has 14 heavy (non-hydrogen) atoms. The fourth-order valence-electron chi connectivity index (χ4n) is 0.680. The first-order valence-corrected chi connectivity index (χ1v) is 3.73. The van der Waals surface area contributed by atoms with Gasteiger partial charge in [0.2, 0.25) is 0 Å².